The molecule has 2 fully saturated rings. The van der Waals surface area contributed by atoms with E-state index in [2.05, 4.69) is 4.90 Å². The average molecular weight is 256 g/mol. The molecule has 5 nitrogen and oxygen atoms in total. The molecule has 0 saturated carbocycles. The van der Waals surface area contributed by atoms with Gasteiger partial charge in [-0.15, -0.1) is 0 Å². The maximum Gasteiger partial charge on any atom is 0.410 e. The lowest BCUT2D eigenvalue weighted by atomic mass is 10.2. The Hall–Kier alpha value is -0.810. The van der Waals surface area contributed by atoms with E-state index in [1.165, 1.54) is 0 Å². The molecule has 1 unspecified atom stereocenters. The molecule has 1 amide bonds. The van der Waals surface area contributed by atoms with Gasteiger partial charge in [-0.2, -0.15) is 0 Å². The molecule has 0 aromatic heterocycles. The van der Waals surface area contributed by atoms with Gasteiger partial charge in [-0.05, 0) is 27.2 Å². The molecule has 5 heteroatoms. The molecule has 1 atom stereocenters. The summed E-state index contributed by atoms with van der Waals surface area (Å²) < 4.78 is 10.8. The van der Waals surface area contributed by atoms with Gasteiger partial charge in [0.05, 0.1) is 6.61 Å². The van der Waals surface area contributed by atoms with Gasteiger partial charge in [-0.25, -0.2) is 4.79 Å². The van der Waals surface area contributed by atoms with Crippen LogP contribution in [0.2, 0.25) is 0 Å². The van der Waals surface area contributed by atoms with E-state index >= 15 is 0 Å². The smallest absolute Gasteiger partial charge is 0.410 e. The molecule has 2 aliphatic heterocycles. The second-order valence-electron chi connectivity index (χ2n) is 6.02. The highest BCUT2D eigenvalue weighted by atomic mass is 16.6. The average Bonchev–Trinajstić information content (AvgIpc) is 2.80. The van der Waals surface area contributed by atoms with E-state index in [0.717, 1.165) is 45.8 Å². The minimum atomic E-state index is -0.409. The van der Waals surface area contributed by atoms with Gasteiger partial charge in [0.25, 0.3) is 0 Å². The molecule has 0 aromatic carbocycles. The first-order chi connectivity index (χ1) is 8.46. The van der Waals surface area contributed by atoms with Crippen molar-refractivity contribution in [2.45, 2.75) is 38.8 Å². The summed E-state index contributed by atoms with van der Waals surface area (Å²) in [7, 11) is 0. The second kappa shape index (κ2) is 5.45. The predicted octanol–water partition coefficient (Wildman–Crippen LogP) is 1.33. The Morgan fingerprint density at radius 1 is 1.22 bits per heavy atom. The fourth-order valence-electron chi connectivity index (χ4n) is 2.41. The fourth-order valence-corrected chi connectivity index (χ4v) is 2.41. The molecule has 0 aliphatic carbocycles. The van der Waals surface area contributed by atoms with Crippen LogP contribution in [0.3, 0.4) is 0 Å². The monoisotopic (exact) mass is 256 g/mol. The van der Waals surface area contributed by atoms with Crippen molar-refractivity contribution >= 4 is 6.09 Å². The van der Waals surface area contributed by atoms with E-state index in [4.69, 9.17) is 9.47 Å². The normalized spacial score (nSPS) is 26.4. The highest BCUT2D eigenvalue weighted by molar-refractivity contribution is 5.68. The van der Waals surface area contributed by atoms with Crippen LogP contribution in [0.4, 0.5) is 4.79 Å². The van der Waals surface area contributed by atoms with Gasteiger partial charge in [-0.3, -0.25) is 4.90 Å². The predicted molar refractivity (Wildman–Crippen MR) is 68.6 cm³/mol. The zero-order valence-corrected chi connectivity index (χ0v) is 11.6. The fraction of sp³-hybridized carbons (Fsp3) is 0.923. The lowest BCUT2D eigenvalue weighted by molar-refractivity contribution is 0.00980. The minimum absolute atomic E-state index is 0.190. The van der Waals surface area contributed by atoms with Crippen molar-refractivity contribution in [1.29, 1.82) is 0 Å². The molecule has 0 spiro atoms. The van der Waals surface area contributed by atoms with E-state index in [-0.39, 0.29) is 6.09 Å². The number of ether oxygens (including phenoxy) is 2. The Bertz CT molecular complexity index is 287. The molecule has 2 saturated heterocycles. The first kappa shape index (κ1) is 13.6. The minimum Gasteiger partial charge on any atom is -0.444 e. The summed E-state index contributed by atoms with van der Waals surface area (Å²) >= 11 is 0. The van der Waals surface area contributed by atoms with Crippen LogP contribution in [0.5, 0.6) is 0 Å². The van der Waals surface area contributed by atoms with Gasteiger partial charge in [0.15, 0.2) is 0 Å². The topological polar surface area (TPSA) is 42.0 Å². The number of carbonyl (C=O) groups is 1. The van der Waals surface area contributed by atoms with Gasteiger partial charge >= 0.3 is 6.09 Å². The molecule has 0 N–H and O–H groups in total. The van der Waals surface area contributed by atoms with Gasteiger partial charge in [0, 0.05) is 38.8 Å². The number of amides is 1. The number of hydrogen-bond acceptors (Lipinski definition) is 4. The summed E-state index contributed by atoms with van der Waals surface area (Å²) in [5, 5.41) is 0. The van der Waals surface area contributed by atoms with Gasteiger partial charge in [-0.1, -0.05) is 0 Å². The van der Waals surface area contributed by atoms with Crippen molar-refractivity contribution in [2.75, 3.05) is 39.4 Å². The quantitative estimate of drug-likeness (QED) is 0.710. The summed E-state index contributed by atoms with van der Waals surface area (Å²) in [6, 6.07) is 0.547. The summed E-state index contributed by atoms with van der Waals surface area (Å²) in [6.45, 7) is 10.8. The SMILES string of the molecule is CC(C)(C)OC(=O)N1CCN(C2CCOC2)CC1. The third-order valence-electron chi connectivity index (χ3n) is 3.39. The Kier molecular flexibility index (Phi) is 4.12. The molecule has 2 rings (SSSR count). The van der Waals surface area contributed by atoms with E-state index in [9.17, 15) is 4.79 Å². The van der Waals surface area contributed by atoms with E-state index in [0.29, 0.717) is 6.04 Å². The first-order valence-corrected chi connectivity index (χ1v) is 6.75. The van der Waals surface area contributed by atoms with Crippen molar-refractivity contribution in [3.63, 3.8) is 0 Å². The Morgan fingerprint density at radius 3 is 2.39 bits per heavy atom. The number of nitrogens with zero attached hydrogens (tertiary/aromatic N) is 2. The number of hydrogen-bond donors (Lipinski definition) is 0. The van der Waals surface area contributed by atoms with E-state index < -0.39 is 5.60 Å². The third kappa shape index (κ3) is 3.59. The molecular formula is C13H24N2O3. The van der Waals surface area contributed by atoms with Crippen molar-refractivity contribution in [3.8, 4) is 0 Å². The second-order valence-corrected chi connectivity index (χ2v) is 6.02. The Balaban J connectivity index is 1.77. The van der Waals surface area contributed by atoms with Crippen molar-refractivity contribution < 1.29 is 14.3 Å². The van der Waals surface area contributed by atoms with Crippen LogP contribution in [0.25, 0.3) is 0 Å². The van der Waals surface area contributed by atoms with Crippen LogP contribution in [-0.4, -0.2) is 66.9 Å². The molecule has 2 aliphatic rings. The van der Waals surface area contributed by atoms with E-state index in [1.54, 1.807) is 4.90 Å². The standard InChI is InChI=1S/C13H24N2O3/c1-13(2,3)18-12(16)15-7-5-14(6-8-15)11-4-9-17-10-11/h11H,4-10H2,1-3H3. The maximum atomic E-state index is 11.9. The lowest BCUT2D eigenvalue weighted by Gasteiger charge is -2.37. The first-order valence-electron chi connectivity index (χ1n) is 6.75. The van der Waals surface area contributed by atoms with Crippen molar-refractivity contribution in [3.05, 3.63) is 0 Å². The summed E-state index contributed by atoms with van der Waals surface area (Å²) in [5.74, 6) is 0. The molecule has 104 valence electrons. The zero-order valence-electron chi connectivity index (χ0n) is 11.6. The van der Waals surface area contributed by atoms with Crippen LogP contribution >= 0.6 is 0 Å². The van der Waals surface area contributed by atoms with Crippen LogP contribution < -0.4 is 0 Å². The molecule has 2 heterocycles. The third-order valence-corrected chi connectivity index (χ3v) is 3.39. The number of piperazine rings is 1. The van der Waals surface area contributed by atoms with Crippen LogP contribution in [-0.2, 0) is 9.47 Å². The Morgan fingerprint density at radius 2 is 1.89 bits per heavy atom. The van der Waals surface area contributed by atoms with Gasteiger partial charge in [0.2, 0.25) is 0 Å². The zero-order chi connectivity index (χ0) is 13.2. The number of rotatable bonds is 1. The van der Waals surface area contributed by atoms with Crippen LogP contribution in [0.15, 0.2) is 0 Å². The summed E-state index contributed by atoms with van der Waals surface area (Å²) in [5.41, 5.74) is -0.409. The Labute approximate surface area is 109 Å². The number of carbonyl (C=O) groups excluding carboxylic acids is 1. The van der Waals surface area contributed by atoms with E-state index in [1.807, 2.05) is 20.8 Å². The van der Waals surface area contributed by atoms with Gasteiger partial charge < -0.3 is 14.4 Å². The van der Waals surface area contributed by atoms with Crippen molar-refractivity contribution in [2.24, 2.45) is 0 Å². The molecule has 0 radical (unpaired) electrons. The van der Waals surface area contributed by atoms with Crippen LogP contribution in [0, 0.1) is 0 Å². The highest BCUT2D eigenvalue weighted by Gasteiger charge is 2.30. The lowest BCUT2D eigenvalue weighted by Crippen LogP contribution is -2.53. The summed E-state index contributed by atoms with van der Waals surface area (Å²) in [4.78, 5) is 16.1. The largest absolute Gasteiger partial charge is 0.444 e. The molecule has 0 aromatic rings. The molecular weight excluding hydrogens is 232 g/mol. The van der Waals surface area contributed by atoms with Crippen LogP contribution in [0.1, 0.15) is 27.2 Å². The van der Waals surface area contributed by atoms with Gasteiger partial charge in [0.1, 0.15) is 5.60 Å². The summed E-state index contributed by atoms with van der Waals surface area (Å²) in [6.07, 6.45) is 0.928. The molecule has 0 bridgehead atoms. The van der Waals surface area contributed by atoms with Crippen molar-refractivity contribution in [1.82, 2.24) is 9.80 Å². The maximum absolute atomic E-state index is 11.9. The highest BCUT2D eigenvalue weighted by Crippen LogP contribution is 2.16. The molecule has 18 heavy (non-hydrogen) atoms.